The van der Waals surface area contributed by atoms with Crippen molar-refractivity contribution in [2.24, 2.45) is 0 Å². The fourth-order valence-electron chi connectivity index (χ4n) is 1.76. The lowest BCUT2D eigenvalue weighted by atomic mass is 10.1. The van der Waals surface area contributed by atoms with E-state index in [1.165, 1.54) is 6.07 Å². The standard InChI is InChI=1S/C15H13BrFNO/c1-9-4-3-5-11(6-9)15(19)18-14-8-13(17)12(16)7-10(14)2/h3-8H,1-2H3,(H,18,19). The van der Waals surface area contributed by atoms with E-state index in [-0.39, 0.29) is 5.91 Å². The fraction of sp³-hybridized carbons (Fsp3) is 0.133. The zero-order valence-electron chi connectivity index (χ0n) is 10.6. The summed E-state index contributed by atoms with van der Waals surface area (Å²) >= 11 is 3.11. The van der Waals surface area contributed by atoms with Gasteiger partial charge in [0.2, 0.25) is 0 Å². The summed E-state index contributed by atoms with van der Waals surface area (Å²) in [7, 11) is 0. The van der Waals surface area contributed by atoms with Crippen LogP contribution in [0.15, 0.2) is 40.9 Å². The Bertz CT molecular complexity index is 640. The second kappa shape index (κ2) is 5.53. The molecule has 0 saturated carbocycles. The molecule has 0 aliphatic carbocycles. The number of hydrogen-bond acceptors (Lipinski definition) is 1. The van der Waals surface area contributed by atoms with Gasteiger partial charge in [0.25, 0.3) is 5.91 Å². The van der Waals surface area contributed by atoms with Crippen LogP contribution in [0.5, 0.6) is 0 Å². The summed E-state index contributed by atoms with van der Waals surface area (Å²) in [5.74, 6) is -0.640. The van der Waals surface area contributed by atoms with Gasteiger partial charge in [-0.25, -0.2) is 4.39 Å². The Balaban J connectivity index is 2.27. The normalized spacial score (nSPS) is 10.3. The minimum atomic E-state index is -0.398. The van der Waals surface area contributed by atoms with Crippen molar-refractivity contribution in [3.63, 3.8) is 0 Å². The molecule has 0 aromatic heterocycles. The molecule has 0 bridgehead atoms. The molecule has 19 heavy (non-hydrogen) atoms. The van der Waals surface area contributed by atoms with Gasteiger partial charge in [0, 0.05) is 11.3 Å². The molecule has 1 N–H and O–H groups in total. The lowest BCUT2D eigenvalue weighted by Gasteiger charge is -2.10. The van der Waals surface area contributed by atoms with E-state index < -0.39 is 5.82 Å². The van der Waals surface area contributed by atoms with Crippen molar-refractivity contribution < 1.29 is 9.18 Å². The highest BCUT2D eigenvalue weighted by Crippen LogP contribution is 2.24. The first kappa shape index (κ1) is 13.7. The molecule has 0 atom stereocenters. The third kappa shape index (κ3) is 3.20. The van der Waals surface area contributed by atoms with E-state index in [2.05, 4.69) is 21.2 Å². The molecule has 0 unspecified atom stereocenters. The van der Waals surface area contributed by atoms with Gasteiger partial charge in [0.15, 0.2) is 0 Å². The van der Waals surface area contributed by atoms with Crippen LogP contribution >= 0.6 is 15.9 Å². The van der Waals surface area contributed by atoms with Gasteiger partial charge in [0.05, 0.1) is 4.47 Å². The van der Waals surface area contributed by atoms with Gasteiger partial charge >= 0.3 is 0 Å². The monoisotopic (exact) mass is 321 g/mol. The number of halogens is 2. The quantitative estimate of drug-likeness (QED) is 0.869. The Morgan fingerprint density at radius 3 is 2.63 bits per heavy atom. The zero-order chi connectivity index (χ0) is 14.0. The maximum Gasteiger partial charge on any atom is 0.255 e. The second-order valence-corrected chi connectivity index (χ2v) is 5.26. The minimum Gasteiger partial charge on any atom is -0.322 e. The maximum atomic E-state index is 13.5. The van der Waals surface area contributed by atoms with Gasteiger partial charge in [-0.05, 0) is 59.6 Å². The molecule has 98 valence electrons. The van der Waals surface area contributed by atoms with Gasteiger partial charge < -0.3 is 5.32 Å². The van der Waals surface area contributed by atoms with Crippen LogP contribution in [-0.2, 0) is 0 Å². The fourth-order valence-corrected chi connectivity index (χ4v) is 2.22. The summed E-state index contributed by atoms with van der Waals surface area (Å²) in [6.07, 6.45) is 0. The maximum absolute atomic E-state index is 13.5. The number of anilines is 1. The molecule has 2 rings (SSSR count). The summed E-state index contributed by atoms with van der Waals surface area (Å²) in [6, 6.07) is 10.2. The SMILES string of the molecule is Cc1cccc(C(=O)Nc2cc(F)c(Br)cc2C)c1. The predicted octanol–water partition coefficient (Wildman–Crippen LogP) is 4.46. The van der Waals surface area contributed by atoms with Gasteiger partial charge in [0.1, 0.15) is 5.82 Å². The summed E-state index contributed by atoms with van der Waals surface area (Å²) < 4.78 is 13.9. The second-order valence-electron chi connectivity index (χ2n) is 4.40. The first-order valence-electron chi connectivity index (χ1n) is 5.81. The largest absolute Gasteiger partial charge is 0.322 e. The van der Waals surface area contributed by atoms with E-state index in [9.17, 15) is 9.18 Å². The predicted molar refractivity (Wildman–Crippen MR) is 78.0 cm³/mol. The van der Waals surface area contributed by atoms with Crippen LogP contribution in [0.25, 0.3) is 0 Å². The highest BCUT2D eigenvalue weighted by molar-refractivity contribution is 9.10. The van der Waals surface area contributed by atoms with Gasteiger partial charge in [-0.15, -0.1) is 0 Å². The Morgan fingerprint density at radius 2 is 1.95 bits per heavy atom. The van der Waals surface area contributed by atoms with Crippen molar-refractivity contribution >= 4 is 27.5 Å². The molecule has 1 amide bonds. The number of amides is 1. The van der Waals surface area contributed by atoms with Crippen LogP contribution in [-0.4, -0.2) is 5.91 Å². The van der Waals surface area contributed by atoms with E-state index >= 15 is 0 Å². The Morgan fingerprint density at radius 1 is 1.21 bits per heavy atom. The molecule has 0 saturated heterocycles. The van der Waals surface area contributed by atoms with Crippen LogP contribution < -0.4 is 5.32 Å². The Kier molecular flexibility index (Phi) is 4.00. The van der Waals surface area contributed by atoms with Crippen LogP contribution in [0.2, 0.25) is 0 Å². The first-order chi connectivity index (χ1) is 8.97. The van der Waals surface area contributed by atoms with Gasteiger partial charge in [-0.2, -0.15) is 0 Å². The highest BCUT2D eigenvalue weighted by atomic mass is 79.9. The van der Waals surface area contributed by atoms with E-state index in [4.69, 9.17) is 0 Å². The van der Waals surface area contributed by atoms with Crippen molar-refractivity contribution in [3.05, 3.63) is 63.4 Å². The smallest absolute Gasteiger partial charge is 0.255 e. The lowest BCUT2D eigenvalue weighted by Crippen LogP contribution is -2.13. The number of carbonyl (C=O) groups excluding carboxylic acids is 1. The molecule has 0 fully saturated rings. The van der Waals surface area contributed by atoms with Gasteiger partial charge in [-0.1, -0.05) is 17.7 Å². The summed E-state index contributed by atoms with van der Waals surface area (Å²) in [6.45, 7) is 3.73. The molecular weight excluding hydrogens is 309 g/mol. The molecule has 2 aromatic carbocycles. The van der Waals surface area contributed by atoms with Crippen LogP contribution in [0, 0.1) is 19.7 Å². The molecule has 0 aliphatic rings. The summed E-state index contributed by atoms with van der Waals surface area (Å²) in [5.41, 5.74) is 2.84. The number of aryl methyl sites for hydroxylation is 2. The average molecular weight is 322 g/mol. The third-order valence-corrected chi connectivity index (χ3v) is 3.40. The number of carbonyl (C=O) groups is 1. The van der Waals surface area contributed by atoms with Gasteiger partial charge in [-0.3, -0.25) is 4.79 Å². The number of hydrogen-bond donors (Lipinski definition) is 1. The van der Waals surface area contributed by atoms with E-state index in [1.54, 1.807) is 18.2 Å². The number of rotatable bonds is 2. The zero-order valence-corrected chi connectivity index (χ0v) is 12.2. The molecule has 0 heterocycles. The highest BCUT2D eigenvalue weighted by Gasteiger charge is 2.10. The molecule has 4 heteroatoms. The minimum absolute atomic E-state index is 0.242. The van der Waals surface area contributed by atoms with Crippen LogP contribution in [0.3, 0.4) is 0 Å². The van der Waals surface area contributed by atoms with Crippen LogP contribution in [0.4, 0.5) is 10.1 Å². The van der Waals surface area contributed by atoms with Crippen molar-refractivity contribution in [1.82, 2.24) is 0 Å². The number of benzene rings is 2. The van der Waals surface area contributed by atoms with Crippen molar-refractivity contribution in [2.75, 3.05) is 5.32 Å². The van der Waals surface area contributed by atoms with Crippen molar-refractivity contribution in [3.8, 4) is 0 Å². The topological polar surface area (TPSA) is 29.1 Å². The molecule has 0 spiro atoms. The lowest BCUT2D eigenvalue weighted by molar-refractivity contribution is 0.102. The molecule has 2 aromatic rings. The van der Waals surface area contributed by atoms with Crippen molar-refractivity contribution in [1.29, 1.82) is 0 Å². The average Bonchev–Trinajstić information content (AvgIpc) is 2.36. The summed E-state index contributed by atoms with van der Waals surface area (Å²) in [5, 5.41) is 2.72. The van der Waals surface area contributed by atoms with E-state index in [0.717, 1.165) is 11.1 Å². The van der Waals surface area contributed by atoms with E-state index in [0.29, 0.717) is 15.7 Å². The van der Waals surface area contributed by atoms with Crippen molar-refractivity contribution in [2.45, 2.75) is 13.8 Å². The Hall–Kier alpha value is -1.68. The molecule has 0 radical (unpaired) electrons. The first-order valence-corrected chi connectivity index (χ1v) is 6.60. The molecular formula is C15H13BrFNO. The molecule has 2 nitrogen and oxygen atoms in total. The van der Waals surface area contributed by atoms with E-state index in [1.807, 2.05) is 26.0 Å². The number of nitrogens with one attached hydrogen (secondary N) is 1. The van der Waals surface area contributed by atoms with Crippen LogP contribution in [0.1, 0.15) is 21.5 Å². The molecule has 0 aliphatic heterocycles. The summed E-state index contributed by atoms with van der Waals surface area (Å²) in [4.78, 5) is 12.1. The Labute approximate surface area is 119 Å². The third-order valence-electron chi connectivity index (χ3n) is 2.80.